The number of aromatic nitrogens is 1. The second-order valence-corrected chi connectivity index (χ2v) is 4.92. The van der Waals surface area contributed by atoms with Crippen LogP contribution in [0.2, 0.25) is 0 Å². The number of ether oxygens (including phenoxy) is 1. The van der Waals surface area contributed by atoms with E-state index in [2.05, 4.69) is 10.3 Å². The van der Waals surface area contributed by atoms with E-state index in [0.29, 0.717) is 11.3 Å². The number of rotatable bonds is 4. The number of carboxylic acids is 1. The van der Waals surface area contributed by atoms with Gasteiger partial charge in [0.2, 0.25) is 0 Å². The molecule has 2 rings (SSSR count). The first kappa shape index (κ1) is 13.3. The van der Waals surface area contributed by atoms with Crippen molar-refractivity contribution < 1.29 is 19.4 Å². The number of fused-ring (bicyclic) bond motifs is 1. The van der Waals surface area contributed by atoms with Crippen molar-refractivity contribution in [1.82, 2.24) is 10.3 Å². The summed E-state index contributed by atoms with van der Waals surface area (Å²) in [5.41, 5.74) is 0.680. The fourth-order valence-electron chi connectivity index (χ4n) is 1.45. The molecule has 0 bridgehead atoms. The highest BCUT2D eigenvalue weighted by Crippen LogP contribution is 2.26. The van der Waals surface area contributed by atoms with Crippen LogP contribution in [-0.2, 0) is 4.79 Å². The van der Waals surface area contributed by atoms with Crippen LogP contribution in [0.4, 0.5) is 0 Å². The zero-order valence-electron chi connectivity index (χ0n) is 10.3. The summed E-state index contributed by atoms with van der Waals surface area (Å²) in [6.07, 6.45) is 0. The van der Waals surface area contributed by atoms with E-state index in [0.717, 1.165) is 4.70 Å². The van der Waals surface area contributed by atoms with Crippen LogP contribution in [-0.4, -0.2) is 35.1 Å². The second-order valence-electron chi connectivity index (χ2n) is 3.89. The third kappa shape index (κ3) is 2.82. The van der Waals surface area contributed by atoms with Crippen molar-refractivity contribution in [1.29, 1.82) is 0 Å². The number of thiazole rings is 1. The number of nitrogens with one attached hydrogen (secondary N) is 1. The molecule has 6 nitrogen and oxygen atoms in total. The molecular weight excluding hydrogens is 268 g/mol. The fraction of sp³-hybridized carbons (Fsp3) is 0.250. The molecule has 1 heterocycles. The highest BCUT2D eigenvalue weighted by Gasteiger charge is 2.18. The topological polar surface area (TPSA) is 88.5 Å². The molecule has 19 heavy (non-hydrogen) atoms. The summed E-state index contributed by atoms with van der Waals surface area (Å²) in [4.78, 5) is 26.7. The lowest BCUT2D eigenvalue weighted by Gasteiger charge is -2.06. The monoisotopic (exact) mass is 280 g/mol. The van der Waals surface area contributed by atoms with Crippen molar-refractivity contribution in [2.24, 2.45) is 0 Å². The number of carbonyl (C=O) groups excluding carboxylic acids is 1. The summed E-state index contributed by atoms with van der Waals surface area (Å²) < 4.78 is 5.90. The number of hydrogen-bond donors (Lipinski definition) is 2. The molecule has 1 atom stereocenters. The summed E-state index contributed by atoms with van der Waals surface area (Å²) in [7, 11) is 1.56. The molecular formula is C12H12N2O4S. The lowest BCUT2D eigenvalue weighted by molar-refractivity contribution is -0.138. The van der Waals surface area contributed by atoms with Crippen LogP contribution < -0.4 is 10.1 Å². The molecule has 0 saturated carbocycles. The highest BCUT2D eigenvalue weighted by atomic mass is 32.1. The summed E-state index contributed by atoms with van der Waals surface area (Å²) in [6, 6.07) is 4.34. The Bertz CT molecular complexity index is 638. The van der Waals surface area contributed by atoms with Crippen LogP contribution in [0.15, 0.2) is 18.2 Å². The molecule has 0 fully saturated rings. The predicted octanol–water partition coefficient (Wildman–Crippen LogP) is 1.51. The molecule has 0 saturated heterocycles. The smallest absolute Gasteiger partial charge is 0.325 e. The van der Waals surface area contributed by atoms with Gasteiger partial charge in [-0.1, -0.05) is 0 Å². The normalized spacial score (nSPS) is 12.1. The van der Waals surface area contributed by atoms with Gasteiger partial charge in [-0.3, -0.25) is 9.59 Å². The van der Waals surface area contributed by atoms with E-state index < -0.39 is 17.9 Å². The SMILES string of the molecule is COc1ccc2nc(C(=O)NC(C)C(=O)O)sc2c1. The Morgan fingerprint density at radius 1 is 1.47 bits per heavy atom. The zero-order chi connectivity index (χ0) is 14.0. The van der Waals surface area contributed by atoms with Gasteiger partial charge in [-0.2, -0.15) is 0 Å². The van der Waals surface area contributed by atoms with Crippen molar-refractivity contribution in [3.8, 4) is 5.75 Å². The average molecular weight is 280 g/mol. The van der Waals surface area contributed by atoms with Crippen LogP contribution in [0.5, 0.6) is 5.75 Å². The third-order valence-corrected chi connectivity index (χ3v) is 3.52. The Labute approximate surface area is 113 Å². The quantitative estimate of drug-likeness (QED) is 0.886. The Kier molecular flexibility index (Phi) is 3.66. The van der Waals surface area contributed by atoms with E-state index in [1.54, 1.807) is 25.3 Å². The van der Waals surface area contributed by atoms with Gasteiger partial charge in [0.1, 0.15) is 11.8 Å². The van der Waals surface area contributed by atoms with Crippen molar-refractivity contribution in [3.63, 3.8) is 0 Å². The van der Waals surface area contributed by atoms with Crippen LogP contribution in [0.3, 0.4) is 0 Å². The molecule has 0 aliphatic rings. The molecule has 1 amide bonds. The fourth-order valence-corrected chi connectivity index (χ4v) is 2.35. The summed E-state index contributed by atoms with van der Waals surface area (Å²) in [6.45, 7) is 1.40. The van der Waals surface area contributed by atoms with Gasteiger partial charge >= 0.3 is 5.97 Å². The largest absolute Gasteiger partial charge is 0.497 e. The molecule has 0 radical (unpaired) electrons. The van der Waals surface area contributed by atoms with Gasteiger partial charge in [0.25, 0.3) is 5.91 Å². The van der Waals surface area contributed by atoms with E-state index in [-0.39, 0.29) is 5.01 Å². The first-order valence-corrected chi connectivity index (χ1v) is 6.31. The van der Waals surface area contributed by atoms with E-state index in [1.807, 2.05) is 0 Å². The van der Waals surface area contributed by atoms with Crippen LogP contribution in [0.25, 0.3) is 10.2 Å². The van der Waals surface area contributed by atoms with Crippen molar-refractivity contribution in [2.75, 3.05) is 7.11 Å². The molecule has 1 aromatic heterocycles. The van der Waals surface area contributed by atoms with Gasteiger partial charge in [0.05, 0.1) is 17.3 Å². The molecule has 7 heteroatoms. The number of nitrogens with zero attached hydrogens (tertiary/aromatic N) is 1. The minimum atomic E-state index is -1.09. The molecule has 2 N–H and O–H groups in total. The maximum absolute atomic E-state index is 11.8. The average Bonchev–Trinajstić information content (AvgIpc) is 2.81. The first-order valence-electron chi connectivity index (χ1n) is 5.49. The van der Waals surface area contributed by atoms with Crippen molar-refractivity contribution in [2.45, 2.75) is 13.0 Å². The Hall–Kier alpha value is -2.15. The van der Waals surface area contributed by atoms with E-state index in [1.165, 1.54) is 18.3 Å². The standard InChI is InChI=1S/C12H12N2O4S/c1-6(12(16)17)13-10(15)11-14-8-4-3-7(18-2)5-9(8)19-11/h3-6H,1-2H3,(H,13,15)(H,16,17). The molecule has 0 aliphatic carbocycles. The van der Waals surface area contributed by atoms with Crippen LogP contribution in [0, 0.1) is 0 Å². The Morgan fingerprint density at radius 3 is 2.84 bits per heavy atom. The van der Waals surface area contributed by atoms with Gasteiger partial charge in [0.15, 0.2) is 5.01 Å². The van der Waals surface area contributed by atoms with Crippen molar-refractivity contribution >= 4 is 33.4 Å². The first-order chi connectivity index (χ1) is 9.01. The molecule has 100 valence electrons. The molecule has 1 unspecified atom stereocenters. The zero-order valence-corrected chi connectivity index (χ0v) is 11.2. The van der Waals surface area contributed by atoms with Gasteiger partial charge < -0.3 is 15.2 Å². The Morgan fingerprint density at radius 2 is 2.21 bits per heavy atom. The molecule has 0 spiro atoms. The van der Waals surface area contributed by atoms with Gasteiger partial charge in [-0.05, 0) is 25.1 Å². The number of benzene rings is 1. The number of carboxylic acid groups (broad SMARTS) is 1. The maximum atomic E-state index is 11.8. The van der Waals surface area contributed by atoms with E-state index in [9.17, 15) is 9.59 Å². The van der Waals surface area contributed by atoms with E-state index in [4.69, 9.17) is 9.84 Å². The second kappa shape index (κ2) is 5.23. The van der Waals surface area contributed by atoms with Gasteiger partial charge in [-0.15, -0.1) is 11.3 Å². The summed E-state index contributed by atoms with van der Waals surface area (Å²) in [5.74, 6) is -0.895. The van der Waals surface area contributed by atoms with Gasteiger partial charge in [0, 0.05) is 0 Å². The number of hydrogen-bond acceptors (Lipinski definition) is 5. The minimum Gasteiger partial charge on any atom is -0.497 e. The predicted molar refractivity (Wildman–Crippen MR) is 70.7 cm³/mol. The van der Waals surface area contributed by atoms with Crippen molar-refractivity contribution in [3.05, 3.63) is 23.2 Å². The lowest BCUT2D eigenvalue weighted by atomic mass is 10.3. The number of aliphatic carboxylic acids is 1. The van der Waals surface area contributed by atoms with Crippen LogP contribution in [0.1, 0.15) is 16.7 Å². The number of carbonyl (C=O) groups is 2. The molecule has 1 aromatic carbocycles. The number of amides is 1. The molecule has 2 aromatic rings. The molecule has 0 aliphatic heterocycles. The lowest BCUT2D eigenvalue weighted by Crippen LogP contribution is -2.38. The third-order valence-electron chi connectivity index (χ3n) is 2.51. The number of methoxy groups -OCH3 is 1. The van der Waals surface area contributed by atoms with E-state index >= 15 is 0 Å². The Balaban J connectivity index is 2.25. The van der Waals surface area contributed by atoms with Gasteiger partial charge in [-0.25, -0.2) is 4.98 Å². The van der Waals surface area contributed by atoms with Crippen LogP contribution >= 0.6 is 11.3 Å². The highest BCUT2D eigenvalue weighted by molar-refractivity contribution is 7.20. The minimum absolute atomic E-state index is 0.233. The summed E-state index contributed by atoms with van der Waals surface area (Å²) in [5, 5.41) is 11.3. The summed E-state index contributed by atoms with van der Waals surface area (Å²) >= 11 is 1.19. The maximum Gasteiger partial charge on any atom is 0.325 e.